The van der Waals surface area contributed by atoms with Gasteiger partial charge in [0.05, 0.1) is 18.8 Å². The topological polar surface area (TPSA) is 113 Å². The van der Waals surface area contributed by atoms with Crippen molar-refractivity contribution >= 4 is 29.2 Å². The van der Waals surface area contributed by atoms with Crippen molar-refractivity contribution in [1.29, 1.82) is 0 Å². The zero-order valence-corrected chi connectivity index (χ0v) is 12.9. The Hall–Kier alpha value is -2.00. The van der Waals surface area contributed by atoms with Crippen LogP contribution in [-0.2, 0) is 9.59 Å². The molecular formula is C13H17N3O5S. The van der Waals surface area contributed by atoms with Crippen molar-refractivity contribution in [3.8, 4) is 5.88 Å². The van der Waals surface area contributed by atoms with Crippen molar-refractivity contribution in [3.63, 3.8) is 0 Å². The van der Waals surface area contributed by atoms with Gasteiger partial charge in [-0.15, -0.1) is 4.37 Å². The maximum Gasteiger partial charge on any atom is 0.414 e. The van der Waals surface area contributed by atoms with Gasteiger partial charge in [-0.3, -0.25) is 4.90 Å². The maximum absolute atomic E-state index is 9.10. The summed E-state index contributed by atoms with van der Waals surface area (Å²) < 4.78 is 13.7. The van der Waals surface area contributed by atoms with Crippen LogP contribution in [0.25, 0.3) is 5.57 Å². The van der Waals surface area contributed by atoms with Crippen LogP contribution in [0.1, 0.15) is 18.5 Å². The lowest BCUT2D eigenvalue weighted by atomic mass is 9.90. The van der Waals surface area contributed by atoms with Crippen LogP contribution in [0.5, 0.6) is 5.88 Å². The maximum atomic E-state index is 9.10. The van der Waals surface area contributed by atoms with Crippen molar-refractivity contribution in [3.05, 3.63) is 11.8 Å². The third kappa shape index (κ3) is 4.01. The van der Waals surface area contributed by atoms with Crippen LogP contribution in [0.15, 0.2) is 6.08 Å². The van der Waals surface area contributed by atoms with Crippen molar-refractivity contribution in [1.82, 2.24) is 13.6 Å². The van der Waals surface area contributed by atoms with Gasteiger partial charge in [0.2, 0.25) is 0 Å². The molecule has 9 heteroatoms. The molecule has 1 aromatic heterocycles. The number of nitrogens with zero attached hydrogens (tertiary/aromatic N) is 3. The number of ether oxygens (including phenoxy) is 1. The SMILES string of the molecule is COc1nsnc1C1=CC2CCCN(C1)C2.O=C(O)C(=O)O. The van der Waals surface area contributed by atoms with E-state index in [4.69, 9.17) is 24.5 Å². The van der Waals surface area contributed by atoms with Gasteiger partial charge in [-0.2, -0.15) is 4.37 Å². The molecule has 3 heterocycles. The van der Waals surface area contributed by atoms with Crippen LogP contribution in [0.3, 0.4) is 0 Å². The first-order valence-electron chi connectivity index (χ1n) is 6.77. The van der Waals surface area contributed by atoms with Gasteiger partial charge < -0.3 is 14.9 Å². The normalized spacial score (nSPS) is 22.9. The molecule has 22 heavy (non-hydrogen) atoms. The molecule has 0 aliphatic carbocycles. The minimum absolute atomic E-state index is 0.678. The lowest BCUT2D eigenvalue weighted by Gasteiger charge is -2.36. The van der Waals surface area contributed by atoms with Crippen molar-refractivity contribution in [2.24, 2.45) is 5.92 Å². The number of carboxylic acid groups (broad SMARTS) is 2. The molecule has 2 aliphatic heterocycles. The number of aliphatic carboxylic acids is 2. The number of fused-ring (bicyclic) bond motifs is 2. The van der Waals surface area contributed by atoms with E-state index in [1.54, 1.807) is 7.11 Å². The molecule has 1 fully saturated rings. The minimum Gasteiger partial charge on any atom is -0.479 e. The number of hydrogen-bond donors (Lipinski definition) is 2. The van der Waals surface area contributed by atoms with E-state index in [1.165, 1.54) is 43.2 Å². The summed E-state index contributed by atoms with van der Waals surface area (Å²) >= 11 is 1.23. The number of aromatic nitrogens is 2. The average molecular weight is 327 g/mol. The Bertz CT molecular complexity index is 574. The van der Waals surface area contributed by atoms with E-state index >= 15 is 0 Å². The molecule has 2 bridgehead atoms. The predicted molar refractivity (Wildman–Crippen MR) is 78.9 cm³/mol. The van der Waals surface area contributed by atoms with Gasteiger partial charge in [-0.1, -0.05) is 6.08 Å². The van der Waals surface area contributed by atoms with Crippen LogP contribution in [-0.4, -0.2) is 62.5 Å². The average Bonchev–Trinajstić information content (AvgIpc) is 2.95. The van der Waals surface area contributed by atoms with E-state index in [9.17, 15) is 0 Å². The summed E-state index contributed by atoms with van der Waals surface area (Å²) in [5.41, 5.74) is 2.24. The quantitative estimate of drug-likeness (QED) is 0.767. The first-order chi connectivity index (χ1) is 10.5. The van der Waals surface area contributed by atoms with E-state index in [2.05, 4.69) is 19.7 Å². The Labute approximate surface area is 131 Å². The van der Waals surface area contributed by atoms with Gasteiger partial charge in [-0.05, 0) is 30.9 Å². The molecule has 120 valence electrons. The predicted octanol–water partition coefficient (Wildman–Crippen LogP) is 0.811. The van der Waals surface area contributed by atoms with Crippen LogP contribution < -0.4 is 4.74 Å². The van der Waals surface area contributed by atoms with Gasteiger partial charge in [0.25, 0.3) is 5.88 Å². The number of carboxylic acids is 2. The Morgan fingerprint density at radius 1 is 1.36 bits per heavy atom. The summed E-state index contributed by atoms with van der Waals surface area (Å²) in [6.07, 6.45) is 5.00. The fraction of sp³-hybridized carbons (Fsp3) is 0.538. The highest BCUT2D eigenvalue weighted by atomic mass is 32.1. The lowest BCUT2D eigenvalue weighted by Crippen LogP contribution is -2.39. The van der Waals surface area contributed by atoms with E-state index in [1.807, 2.05) is 0 Å². The van der Waals surface area contributed by atoms with E-state index in [0.29, 0.717) is 11.8 Å². The molecule has 0 saturated carbocycles. The molecule has 8 nitrogen and oxygen atoms in total. The van der Waals surface area contributed by atoms with Crippen LogP contribution in [0, 0.1) is 5.92 Å². The molecule has 2 atom stereocenters. The van der Waals surface area contributed by atoms with Crippen LogP contribution >= 0.6 is 11.7 Å². The molecule has 2 unspecified atom stereocenters. The number of piperidine rings is 1. The summed E-state index contributed by atoms with van der Waals surface area (Å²) in [6.45, 7) is 3.43. The molecule has 0 radical (unpaired) electrons. The Morgan fingerprint density at radius 2 is 2.09 bits per heavy atom. The zero-order valence-electron chi connectivity index (χ0n) is 12.1. The molecule has 1 aromatic rings. The summed E-state index contributed by atoms with van der Waals surface area (Å²) in [5.74, 6) is -2.27. The summed E-state index contributed by atoms with van der Waals surface area (Å²) in [4.78, 5) is 20.7. The fourth-order valence-electron chi connectivity index (χ4n) is 2.61. The minimum atomic E-state index is -1.82. The Kier molecular flexibility index (Phi) is 5.45. The van der Waals surface area contributed by atoms with Gasteiger partial charge >= 0.3 is 11.9 Å². The zero-order chi connectivity index (χ0) is 16.1. The van der Waals surface area contributed by atoms with E-state index in [-0.39, 0.29) is 0 Å². The molecule has 0 amide bonds. The van der Waals surface area contributed by atoms with Gasteiger partial charge in [0.15, 0.2) is 0 Å². The summed E-state index contributed by atoms with van der Waals surface area (Å²) in [7, 11) is 1.66. The molecular weight excluding hydrogens is 310 g/mol. The second-order valence-electron chi connectivity index (χ2n) is 5.06. The lowest BCUT2D eigenvalue weighted by molar-refractivity contribution is -0.159. The number of carbonyl (C=O) groups is 2. The molecule has 2 aliphatic rings. The van der Waals surface area contributed by atoms with Gasteiger partial charge in [0.1, 0.15) is 5.69 Å². The van der Waals surface area contributed by atoms with E-state index in [0.717, 1.165) is 12.2 Å². The largest absolute Gasteiger partial charge is 0.479 e. The van der Waals surface area contributed by atoms with Crippen molar-refractivity contribution < 1.29 is 24.5 Å². The fourth-order valence-corrected chi connectivity index (χ4v) is 3.17. The highest BCUT2D eigenvalue weighted by molar-refractivity contribution is 6.99. The Morgan fingerprint density at radius 3 is 2.68 bits per heavy atom. The molecule has 0 aromatic carbocycles. The second kappa shape index (κ2) is 7.32. The second-order valence-corrected chi connectivity index (χ2v) is 5.59. The van der Waals surface area contributed by atoms with E-state index < -0.39 is 11.9 Å². The van der Waals surface area contributed by atoms with Gasteiger partial charge in [0, 0.05) is 13.1 Å². The van der Waals surface area contributed by atoms with Crippen LogP contribution in [0.2, 0.25) is 0 Å². The highest BCUT2D eigenvalue weighted by Gasteiger charge is 2.27. The molecule has 0 spiro atoms. The molecule has 1 saturated heterocycles. The smallest absolute Gasteiger partial charge is 0.414 e. The molecule has 3 rings (SSSR count). The highest BCUT2D eigenvalue weighted by Crippen LogP contribution is 2.32. The first-order valence-corrected chi connectivity index (χ1v) is 7.50. The molecule has 2 N–H and O–H groups in total. The summed E-state index contributed by atoms with van der Waals surface area (Å²) in [6, 6.07) is 0. The van der Waals surface area contributed by atoms with Crippen molar-refractivity contribution in [2.45, 2.75) is 12.8 Å². The summed E-state index contributed by atoms with van der Waals surface area (Å²) in [5, 5.41) is 14.8. The number of rotatable bonds is 2. The van der Waals surface area contributed by atoms with Crippen LogP contribution in [0.4, 0.5) is 0 Å². The standard InChI is InChI=1S/C11H15N3OS.C2H2O4/c1-15-11-10(12-16-13-11)9-5-8-3-2-4-14(6-8)7-9;3-1(4)2(5)6/h5,8H,2-4,6-7H2,1H3;(H,3,4)(H,5,6). The third-order valence-corrected chi connectivity index (χ3v) is 4.02. The van der Waals surface area contributed by atoms with Gasteiger partial charge in [-0.25, -0.2) is 9.59 Å². The monoisotopic (exact) mass is 327 g/mol. The van der Waals surface area contributed by atoms with Crippen molar-refractivity contribution in [2.75, 3.05) is 26.7 Å². The third-order valence-electron chi connectivity index (χ3n) is 3.51. The first kappa shape index (κ1) is 16.4. The number of hydrogen-bond acceptors (Lipinski definition) is 7. The Balaban J connectivity index is 0.000000254. The number of methoxy groups -OCH3 is 1.